The van der Waals surface area contributed by atoms with Gasteiger partial charge in [-0.05, 0) is 6.07 Å². The van der Waals surface area contributed by atoms with Gasteiger partial charge in [0.25, 0.3) is 12.4 Å². The SMILES string of the molecule is Oc1cc(C(F)F)c(C(F)(F)F)nc1F. The van der Waals surface area contributed by atoms with Crippen molar-refractivity contribution in [2.24, 2.45) is 0 Å². The quantitative estimate of drug-likeness (QED) is 0.595. The highest BCUT2D eigenvalue weighted by molar-refractivity contribution is 5.32. The topological polar surface area (TPSA) is 33.1 Å². The third-order valence-corrected chi connectivity index (χ3v) is 1.49. The zero-order valence-corrected chi connectivity index (χ0v) is 6.82. The summed E-state index contributed by atoms with van der Waals surface area (Å²) in [5.74, 6) is -3.19. The number of nitrogens with zero attached hydrogens (tertiary/aromatic N) is 1. The van der Waals surface area contributed by atoms with Crippen LogP contribution in [-0.2, 0) is 6.18 Å². The van der Waals surface area contributed by atoms with E-state index in [2.05, 4.69) is 4.98 Å². The minimum Gasteiger partial charge on any atom is -0.504 e. The number of hydrogen-bond acceptors (Lipinski definition) is 2. The summed E-state index contributed by atoms with van der Waals surface area (Å²) in [6.45, 7) is 0. The van der Waals surface area contributed by atoms with Gasteiger partial charge in [0.15, 0.2) is 11.4 Å². The second-order valence-corrected chi connectivity index (χ2v) is 2.53. The molecule has 1 aromatic rings. The van der Waals surface area contributed by atoms with Crippen molar-refractivity contribution in [1.82, 2.24) is 4.98 Å². The van der Waals surface area contributed by atoms with Crippen LogP contribution in [0.4, 0.5) is 26.3 Å². The van der Waals surface area contributed by atoms with E-state index >= 15 is 0 Å². The molecule has 0 aliphatic heterocycles. The maximum absolute atomic E-state index is 12.4. The Labute approximate surface area is 79.2 Å². The molecule has 1 rings (SSSR count). The van der Waals surface area contributed by atoms with Gasteiger partial charge >= 0.3 is 6.18 Å². The maximum Gasteiger partial charge on any atom is 0.433 e. The standard InChI is InChI=1S/C7H3F6NO/c8-5(9)2-1-3(15)6(10)14-4(2)7(11,12)13/h1,5,15H. The molecule has 0 atom stereocenters. The predicted octanol–water partition coefficient (Wildman–Crippen LogP) is 2.88. The molecule has 0 spiro atoms. The Morgan fingerprint density at radius 2 is 1.80 bits per heavy atom. The molecule has 0 aliphatic rings. The molecule has 1 aromatic heterocycles. The Balaban J connectivity index is 3.42. The Kier molecular flexibility index (Phi) is 2.78. The van der Waals surface area contributed by atoms with Gasteiger partial charge in [-0.15, -0.1) is 0 Å². The molecule has 0 saturated carbocycles. The Morgan fingerprint density at radius 3 is 2.20 bits per heavy atom. The lowest BCUT2D eigenvalue weighted by Gasteiger charge is -2.11. The molecule has 0 amide bonds. The number of alkyl halides is 5. The van der Waals surface area contributed by atoms with E-state index in [1.807, 2.05) is 0 Å². The zero-order valence-electron chi connectivity index (χ0n) is 6.82. The fraction of sp³-hybridized carbons (Fsp3) is 0.286. The molecule has 0 aromatic carbocycles. The third kappa shape index (κ3) is 2.31. The van der Waals surface area contributed by atoms with Gasteiger partial charge < -0.3 is 5.11 Å². The van der Waals surface area contributed by atoms with Crippen LogP contribution in [0.5, 0.6) is 5.75 Å². The summed E-state index contributed by atoms with van der Waals surface area (Å²) < 4.78 is 72.9. The first-order chi connectivity index (χ1) is 6.73. The lowest BCUT2D eigenvalue weighted by atomic mass is 10.2. The molecule has 1 N–H and O–H groups in total. The maximum atomic E-state index is 12.4. The molecule has 0 unspecified atom stereocenters. The number of pyridine rings is 1. The van der Waals surface area contributed by atoms with E-state index in [0.29, 0.717) is 0 Å². The lowest BCUT2D eigenvalue weighted by molar-refractivity contribution is -0.143. The number of aromatic hydroxyl groups is 1. The van der Waals surface area contributed by atoms with Gasteiger partial charge in [0.1, 0.15) is 0 Å². The molecule has 1 heterocycles. The Bertz CT molecular complexity index is 374. The van der Waals surface area contributed by atoms with Crippen molar-refractivity contribution in [2.45, 2.75) is 12.6 Å². The smallest absolute Gasteiger partial charge is 0.433 e. The normalized spacial score (nSPS) is 12.2. The minimum atomic E-state index is -5.19. The van der Waals surface area contributed by atoms with E-state index < -0.39 is 35.6 Å². The second kappa shape index (κ2) is 3.59. The van der Waals surface area contributed by atoms with Gasteiger partial charge in [-0.1, -0.05) is 0 Å². The Morgan fingerprint density at radius 1 is 1.27 bits per heavy atom. The van der Waals surface area contributed by atoms with E-state index in [4.69, 9.17) is 5.11 Å². The van der Waals surface area contributed by atoms with Gasteiger partial charge in [0, 0.05) is 0 Å². The van der Waals surface area contributed by atoms with Crippen LogP contribution in [0.1, 0.15) is 17.7 Å². The average molecular weight is 231 g/mol. The highest BCUT2D eigenvalue weighted by Crippen LogP contribution is 2.36. The molecular weight excluding hydrogens is 228 g/mol. The number of halogens is 6. The van der Waals surface area contributed by atoms with E-state index in [0.717, 1.165) is 0 Å². The molecule has 15 heavy (non-hydrogen) atoms. The van der Waals surface area contributed by atoms with Crippen LogP contribution in [0.2, 0.25) is 0 Å². The van der Waals surface area contributed by atoms with Crippen LogP contribution in [0.3, 0.4) is 0 Å². The first kappa shape index (κ1) is 11.6. The highest BCUT2D eigenvalue weighted by Gasteiger charge is 2.38. The zero-order chi connectivity index (χ0) is 11.8. The molecule has 0 bridgehead atoms. The number of rotatable bonds is 1. The highest BCUT2D eigenvalue weighted by atomic mass is 19.4. The van der Waals surface area contributed by atoms with Gasteiger partial charge in [-0.3, -0.25) is 0 Å². The molecule has 0 saturated heterocycles. The van der Waals surface area contributed by atoms with Crippen LogP contribution in [-0.4, -0.2) is 10.1 Å². The molecule has 8 heteroatoms. The van der Waals surface area contributed by atoms with Crippen LogP contribution in [0.15, 0.2) is 6.07 Å². The van der Waals surface area contributed by atoms with Crippen LogP contribution >= 0.6 is 0 Å². The summed E-state index contributed by atoms with van der Waals surface area (Å²) in [4.78, 5) is 2.24. The number of hydrogen-bond donors (Lipinski definition) is 1. The fourth-order valence-electron chi connectivity index (χ4n) is 0.889. The summed E-state index contributed by atoms with van der Waals surface area (Å²) in [5, 5.41) is 8.60. The third-order valence-electron chi connectivity index (χ3n) is 1.49. The van der Waals surface area contributed by atoms with Crippen molar-refractivity contribution in [3.63, 3.8) is 0 Å². The Hall–Kier alpha value is -1.47. The molecule has 84 valence electrons. The minimum absolute atomic E-state index is 0.00975. The van der Waals surface area contributed by atoms with E-state index in [1.165, 1.54) is 0 Å². The van der Waals surface area contributed by atoms with Crippen LogP contribution in [0.25, 0.3) is 0 Å². The second-order valence-electron chi connectivity index (χ2n) is 2.53. The van der Waals surface area contributed by atoms with Gasteiger partial charge in [-0.2, -0.15) is 17.6 Å². The molecule has 0 fully saturated rings. The fourth-order valence-corrected chi connectivity index (χ4v) is 0.889. The molecule has 0 radical (unpaired) electrons. The van der Waals surface area contributed by atoms with Crippen molar-refractivity contribution < 1.29 is 31.4 Å². The average Bonchev–Trinajstić information content (AvgIpc) is 2.06. The van der Waals surface area contributed by atoms with Crippen molar-refractivity contribution in [3.8, 4) is 5.75 Å². The van der Waals surface area contributed by atoms with Crippen LogP contribution < -0.4 is 0 Å². The van der Waals surface area contributed by atoms with Crippen molar-refractivity contribution in [1.29, 1.82) is 0 Å². The summed E-state index contributed by atoms with van der Waals surface area (Å²) in [6, 6.07) is 0.00975. The van der Waals surface area contributed by atoms with Crippen molar-refractivity contribution in [2.75, 3.05) is 0 Å². The van der Waals surface area contributed by atoms with Crippen molar-refractivity contribution >= 4 is 0 Å². The number of aromatic nitrogens is 1. The summed E-state index contributed by atoms with van der Waals surface area (Å²) in [6.07, 6.45) is -8.69. The monoisotopic (exact) mass is 231 g/mol. The van der Waals surface area contributed by atoms with Gasteiger partial charge in [-0.25, -0.2) is 13.8 Å². The first-order valence-corrected chi connectivity index (χ1v) is 3.48. The van der Waals surface area contributed by atoms with E-state index in [1.54, 1.807) is 0 Å². The largest absolute Gasteiger partial charge is 0.504 e. The summed E-state index contributed by atoms with van der Waals surface area (Å²) in [5.41, 5.74) is -3.59. The molecular formula is C7H3F6NO. The van der Waals surface area contributed by atoms with Gasteiger partial charge in [0.05, 0.1) is 5.56 Å². The van der Waals surface area contributed by atoms with Crippen molar-refractivity contribution in [3.05, 3.63) is 23.3 Å². The summed E-state index contributed by atoms with van der Waals surface area (Å²) in [7, 11) is 0. The molecule has 0 aliphatic carbocycles. The van der Waals surface area contributed by atoms with Gasteiger partial charge in [0.2, 0.25) is 0 Å². The lowest BCUT2D eigenvalue weighted by Crippen LogP contribution is -2.13. The summed E-state index contributed by atoms with van der Waals surface area (Å²) >= 11 is 0. The van der Waals surface area contributed by atoms with E-state index in [9.17, 15) is 26.3 Å². The van der Waals surface area contributed by atoms with E-state index in [-0.39, 0.29) is 6.07 Å². The molecule has 2 nitrogen and oxygen atoms in total. The van der Waals surface area contributed by atoms with Crippen LogP contribution in [0, 0.1) is 5.95 Å². The predicted molar refractivity (Wildman–Crippen MR) is 35.8 cm³/mol. The first-order valence-electron chi connectivity index (χ1n) is 3.48.